The van der Waals surface area contributed by atoms with Gasteiger partial charge in [0.15, 0.2) is 0 Å². The Bertz CT molecular complexity index is 122. The standard InChI is InChI=1S/C13H29N/c1-6-8-9-13(7-2)10-11(3)12(4)14-5/h11-14H,6-10H2,1-5H3. The molecule has 3 atom stereocenters. The molecule has 0 aromatic heterocycles. The lowest BCUT2D eigenvalue weighted by Gasteiger charge is -2.24. The third-order valence-electron chi connectivity index (χ3n) is 3.56. The van der Waals surface area contributed by atoms with Crippen LogP contribution in [-0.2, 0) is 0 Å². The topological polar surface area (TPSA) is 12.0 Å². The molecule has 0 amide bonds. The number of nitrogens with one attached hydrogen (secondary N) is 1. The highest BCUT2D eigenvalue weighted by molar-refractivity contribution is 4.70. The van der Waals surface area contributed by atoms with Crippen molar-refractivity contribution in [3.63, 3.8) is 0 Å². The van der Waals surface area contributed by atoms with E-state index < -0.39 is 0 Å². The van der Waals surface area contributed by atoms with Crippen LogP contribution in [0.3, 0.4) is 0 Å². The van der Waals surface area contributed by atoms with Gasteiger partial charge in [0, 0.05) is 6.04 Å². The predicted octanol–water partition coefficient (Wildman–Crippen LogP) is 3.84. The van der Waals surface area contributed by atoms with Crippen LogP contribution in [0.1, 0.15) is 59.8 Å². The Hall–Kier alpha value is -0.0400. The summed E-state index contributed by atoms with van der Waals surface area (Å²) in [7, 11) is 2.06. The first-order valence-electron chi connectivity index (χ1n) is 6.32. The highest BCUT2D eigenvalue weighted by Gasteiger charge is 2.15. The van der Waals surface area contributed by atoms with Crippen LogP contribution in [0.5, 0.6) is 0 Å². The predicted molar refractivity (Wildman–Crippen MR) is 65.6 cm³/mol. The highest BCUT2D eigenvalue weighted by Crippen LogP contribution is 2.23. The first-order valence-corrected chi connectivity index (χ1v) is 6.32. The summed E-state index contributed by atoms with van der Waals surface area (Å²) >= 11 is 0. The molecular weight excluding hydrogens is 170 g/mol. The van der Waals surface area contributed by atoms with Crippen LogP contribution in [0.15, 0.2) is 0 Å². The molecule has 0 aliphatic rings. The first kappa shape index (κ1) is 14.0. The van der Waals surface area contributed by atoms with Gasteiger partial charge in [0.25, 0.3) is 0 Å². The second-order valence-corrected chi connectivity index (χ2v) is 4.71. The van der Waals surface area contributed by atoms with E-state index in [0.717, 1.165) is 11.8 Å². The summed E-state index contributed by atoms with van der Waals surface area (Å²) in [6.45, 7) is 9.27. The molecule has 86 valence electrons. The van der Waals surface area contributed by atoms with Crippen molar-refractivity contribution in [3.8, 4) is 0 Å². The van der Waals surface area contributed by atoms with E-state index in [9.17, 15) is 0 Å². The Balaban J connectivity index is 3.79. The average molecular weight is 199 g/mol. The number of unbranched alkanes of at least 4 members (excludes halogenated alkanes) is 1. The molecule has 1 N–H and O–H groups in total. The summed E-state index contributed by atoms with van der Waals surface area (Å²) in [4.78, 5) is 0. The third-order valence-corrected chi connectivity index (χ3v) is 3.56. The monoisotopic (exact) mass is 199 g/mol. The lowest BCUT2D eigenvalue weighted by Crippen LogP contribution is -2.29. The van der Waals surface area contributed by atoms with E-state index in [2.05, 4.69) is 40.1 Å². The fourth-order valence-corrected chi connectivity index (χ4v) is 2.00. The maximum Gasteiger partial charge on any atom is 0.00614 e. The van der Waals surface area contributed by atoms with Crippen LogP contribution in [0.2, 0.25) is 0 Å². The van der Waals surface area contributed by atoms with Gasteiger partial charge >= 0.3 is 0 Å². The van der Waals surface area contributed by atoms with Crippen LogP contribution in [0.4, 0.5) is 0 Å². The number of hydrogen-bond donors (Lipinski definition) is 1. The molecular formula is C13H29N. The summed E-state index contributed by atoms with van der Waals surface area (Å²) in [5.41, 5.74) is 0. The molecule has 0 aliphatic heterocycles. The molecule has 0 saturated heterocycles. The first-order chi connectivity index (χ1) is 6.65. The van der Waals surface area contributed by atoms with Gasteiger partial charge in [-0.2, -0.15) is 0 Å². The fourth-order valence-electron chi connectivity index (χ4n) is 2.00. The summed E-state index contributed by atoms with van der Waals surface area (Å²) < 4.78 is 0. The van der Waals surface area contributed by atoms with Gasteiger partial charge < -0.3 is 5.32 Å². The zero-order valence-electron chi connectivity index (χ0n) is 10.8. The molecule has 0 heterocycles. The lowest BCUT2D eigenvalue weighted by molar-refractivity contribution is 0.306. The van der Waals surface area contributed by atoms with E-state index in [1.54, 1.807) is 0 Å². The summed E-state index contributed by atoms with van der Waals surface area (Å²) in [5, 5.41) is 3.35. The van der Waals surface area contributed by atoms with Gasteiger partial charge in [-0.3, -0.25) is 0 Å². The van der Waals surface area contributed by atoms with E-state index in [0.29, 0.717) is 6.04 Å². The number of rotatable bonds is 8. The minimum Gasteiger partial charge on any atom is -0.317 e. The third kappa shape index (κ3) is 5.64. The van der Waals surface area contributed by atoms with Crippen LogP contribution in [-0.4, -0.2) is 13.1 Å². The maximum atomic E-state index is 3.35. The molecule has 0 rings (SSSR count). The Labute approximate surface area is 90.7 Å². The van der Waals surface area contributed by atoms with Crippen LogP contribution in [0.25, 0.3) is 0 Å². The van der Waals surface area contributed by atoms with Crippen molar-refractivity contribution < 1.29 is 0 Å². The minimum atomic E-state index is 0.658. The lowest BCUT2D eigenvalue weighted by atomic mass is 9.86. The zero-order valence-corrected chi connectivity index (χ0v) is 10.8. The molecule has 0 aromatic carbocycles. The van der Waals surface area contributed by atoms with Crippen molar-refractivity contribution in [2.45, 2.75) is 65.8 Å². The Kier molecular flexibility index (Phi) is 8.26. The van der Waals surface area contributed by atoms with Gasteiger partial charge in [0.1, 0.15) is 0 Å². The molecule has 0 spiro atoms. The van der Waals surface area contributed by atoms with Gasteiger partial charge in [-0.1, -0.05) is 46.5 Å². The summed E-state index contributed by atoms with van der Waals surface area (Å²) in [6.07, 6.45) is 6.90. The van der Waals surface area contributed by atoms with Crippen molar-refractivity contribution in [1.82, 2.24) is 5.32 Å². The quantitative estimate of drug-likeness (QED) is 0.626. The largest absolute Gasteiger partial charge is 0.317 e. The summed E-state index contributed by atoms with van der Waals surface area (Å²) in [5.74, 6) is 1.75. The molecule has 3 unspecified atom stereocenters. The van der Waals surface area contributed by atoms with Gasteiger partial charge in [-0.05, 0) is 32.2 Å². The minimum absolute atomic E-state index is 0.658. The Morgan fingerprint density at radius 1 is 1.14 bits per heavy atom. The molecule has 0 fully saturated rings. The summed E-state index contributed by atoms with van der Waals surface area (Å²) in [6, 6.07) is 0.658. The van der Waals surface area contributed by atoms with Gasteiger partial charge in [-0.25, -0.2) is 0 Å². The van der Waals surface area contributed by atoms with E-state index >= 15 is 0 Å². The molecule has 0 saturated carbocycles. The van der Waals surface area contributed by atoms with Crippen LogP contribution in [0, 0.1) is 11.8 Å². The van der Waals surface area contributed by atoms with Gasteiger partial charge in [0.2, 0.25) is 0 Å². The van der Waals surface area contributed by atoms with Crippen molar-refractivity contribution in [1.29, 1.82) is 0 Å². The van der Waals surface area contributed by atoms with E-state index in [4.69, 9.17) is 0 Å². The second kappa shape index (κ2) is 8.28. The molecule has 1 nitrogen and oxygen atoms in total. The van der Waals surface area contributed by atoms with Crippen LogP contribution < -0.4 is 5.32 Å². The van der Waals surface area contributed by atoms with Gasteiger partial charge in [0.05, 0.1) is 0 Å². The second-order valence-electron chi connectivity index (χ2n) is 4.71. The molecule has 0 radical (unpaired) electrons. The highest BCUT2D eigenvalue weighted by atomic mass is 14.9. The number of hydrogen-bond acceptors (Lipinski definition) is 1. The molecule has 0 aromatic rings. The van der Waals surface area contributed by atoms with Gasteiger partial charge in [-0.15, -0.1) is 0 Å². The van der Waals surface area contributed by atoms with Crippen LogP contribution >= 0.6 is 0 Å². The molecule has 0 aliphatic carbocycles. The van der Waals surface area contributed by atoms with E-state index in [-0.39, 0.29) is 0 Å². The average Bonchev–Trinajstić information content (AvgIpc) is 2.22. The normalized spacial score (nSPS) is 17.8. The smallest absolute Gasteiger partial charge is 0.00614 e. The Morgan fingerprint density at radius 2 is 1.79 bits per heavy atom. The van der Waals surface area contributed by atoms with E-state index in [1.807, 2.05) is 0 Å². The molecule has 1 heteroatoms. The van der Waals surface area contributed by atoms with Crippen molar-refractivity contribution in [3.05, 3.63) is 0 Å². The Morgan fingerprint density at radius 3 is 2.21 bits per heavy atom. The molecule has 0 bridgehead atoms. The molecule has 14 heavy (non-hydrogen) atoms. The van der Waals surface area contributed by atoms with Crippen molar-refractivity contribution in [2.24, 2.45) is 11.8 Å². The zero-order chi connectivity index (χ0) is 11.0. The van der Waals surface area contributed by atoms with Crippen molar-refractivity contribution in [2.75, 3.05) is 7.05 Å². The SMILES string of the molecule is CCCCC(CC)CC(C)C(C)NC. The van der Waals surface area contributed by atoms with E-state index in [1.165, 1.54) is 32.1 Å². The van der Waals surface area contributed by atoms with Crippen molar-refractivity contribution >= 4 is 0 Å². The maximum absolute atomic E-state index is 3.35. The fraction of sp³-hybridized carbons (Fsp3) is 1.00.